The third kappa shape index (κ3) is 3.84. The van der Waals surface area contributed by atoms with Crippen molar-refractivity contribution in [2.75, 3.05) is 5.75 Å². The van der Waals surface area contributed by atoms with E-state index in [1.807, 2.05) is 5.38 Å². The number of aromatic nitrogens is 2. The molecule has 5 nitrogen and oxygen atoms in total. The molecule has 1 aliphatic rings. The monoisotopic (exact) mass is 417 g/mol. The van der Waals surface area contributed by atoms with Crippen molar-refractivity contribution >= 4 is 39.2 Å². The maximum atomic E-state index is 13.6. The van der Waals surface area contributed by atoms with Crippen molar-refractivity contribution in [3.8, 4) is 5.69 Å². The fourth-order valence-corrected chi connectivity index (χ4v) is 5.12. The van der Waals surface area contributed by atoms with Crippen LogP contribution < -0.4 is 10.9 Å². The van der Waals surface area contributed by atoms with E-state index in [1.54, 1.807) is 19.1 Å². The van der Waals surface area contributed by atoms with Crippen LogP contribution >= 0.6 is 23.1 Å². The molecule has 8 heteroatoms. The van der Waals surface area contributed by atoms with Crippen LogP contribution in [-0.2, 0) is 4.79 Å². The Morgan fingerprint density at radius 2 is 2.14 bits per heavy atom. The number of benzene rings is 1. The van der Waals surface area contributed by atoms with Crippen LogP contribution in [-0.4, -0.2) is 27.3 Å². The Balaban J connectivity index is 1.68. The summed E-state index contributed by atoms with van der Waals surface area (Å²) >= 11 is 2.56. The number of halogens is 1. The van der Waals surface area contributed by atoms with E-state index >= 15 is 0 Å². The number of aryl methyl sites for hydroxylation is 1. The van der Waals surface area contributed by atoms with Gasteiger partial charge in [-0.15, -0.1) is 11.3 Å². The van der Waals surface area contributed by atoms with E-state index in [0.717, 1.165) is 25.7 Å². The number of amides is 1. The second-order valence-electron chi connectivity index (χ2n) is 6.94. The smallest absolute Gasteiger partial charge is 0.276 e. The largest absolute Gasteiger partial charge is 0.353 e. The highest BCUT2D eigenvalue weighted by molar-refractivity contribution is 7.99. The van der Waals surface area contributed by atoms with Crippen LogP contribution in [0.2, 0.25) is 0 Å². The summed E-state index contributed by atoms with van der Waals surface area (Å²) in [5.74, 6) is -0.234. The Kier molecular flexibility index (Phi) is 5.50. The van der Waals surface area contributed by atoms with Crippen LogP contribution in [0.5, 0.6) is 0 Å². The fourth-order valence-electron chi connectivity index (χ4n) is 3.54. The van der Waals surface area contributed by atoms with E-state index in [2.05, 4.69) is 10.3 Å². The Morgan fingerprint density at radius 1 is 1.36 bits per heavy atom. The van der Waals surface area contributed by atoms with E-state index < -0.39 is 0 Å². The van der Waals surface area contributed by atoms with Crippen molar-refractivity contribution in [2.45, 2.75) is 43.8 Å². The lowest BCUT2D eigenvalue weighted by atomic mass is 10.2. The molecule has 0 unspecified atom stereocenters. The van der Waals surface area contributed by atoms with Crippen LogP contribution in [0.4, 0.5) is 4.39 Å². The van der Waals surface area contributed by atoms with Gasteiger partial charge in [0.2, 0.25) is 5.91 Å². The molecule has 0 bridgehead atoms. The zero-order valence-corrected chi connectivity index (χ0v) is 17.0. The summed E-state index contributed by atoms with van der Waals surface area (Å²) in [6.07, 6.45) is 4.35. The first kappa shape index (κ1) is 19.1. The minimum atomic E-state index is -0.357. The lowest BCUT2D eigenvalue weighted by Gasteiger charge is -2.15. The minimum absolute atomic E-state index is 0.0565. The summed E-state index contributed by atoms with van der Waals surface area (Å²) in [5, 5.41) is 5.31. The molecule has 2 aromatic heterocycles. The van der Waals surface area contributed by atoms with Crippen LogP contribution in [0.3, 0.4) is 0 Å². The average Bonchev–Trinajstić information content (AvgIpc) is 3.33. The highest BCUT2D eigenvalue weighted by atomic mass is 32.2. The number of carbonyl (C=O) groups excluding carboxylic acids is 1. The summed E-state index contributed by atoms with van der Waals surface area (Å²) in [7, 11) is 0. The molecule has 1 amide bonds. The number of thiophene rings is 1. The molecular formula is C20H20FN3O2S2. The molecule has 1 fully saturated rings. The van der Waals surface area contributed by atoms with Crippen molar-refractivity contribution in [3.63, 3.8) is 0 Å². The van der Waals surface area contributed by atoms with Crippen molar-refractivity contribution in [1.29, 1.82) is 0 Å². The summed E-state index contributed by atoms with van der Waals surface area (Å²) in [5.41, 5.74) is 1.63. The molecule has 1 N–H and O–H groups in total. The molecule has 1 aromatic carbocycles. The Bertz CT molecular complexity index is 1090. The first-order valence-corrected chi connectivity index (χ1v) is 11.1. The number of carbonyl (C=O) groups is 1. The third-order valence-electron chi connectivity index (χ3n) is 4.90. The molecule has 3 aromatic rings. The number of hydrogen-bond acceptors (Lipinski definition) is 5. The van der Waals surface area contributed by atoms with Gasteiger partial charge < -0.3 is 5.32 Å². The number of nitrogens with zero attached hydrogens (tertiary/aromatic N) is 2. The van der Waals surface area contributed by atoms with Crippen molar-refractivity contribution in [3.05, 3.63) is 51.4 Å². The van der Waals surface area contributed by atoms with Crippen LogP contribution in [0.25, 0.3) is 15.9 Å². The van der Waals surface area contributed by atoms with Crippen LogP contribution in [0, 0.1) is 12.7 Å². The fraction of sp³-hybridized carbons (Fsp3) is 0.350. The maximum Gasteiger partial charge on any atom is 0.276 e. The summed E-state index contributed by atoms with van der Waals surface area (Å²) < 4.78 is 15.6. The SMILES string of the molecule is Cc1cc(F)ccc1-n1c(SCC(=O)NC2CCCC2)nc2ccsc2c1=O. The molecule has 0 saturated heterocycles. The lowest BCUT2D eigenvalue weighted by Crippen LogP contribution is -2.34. The molecule has 1 aliphatic carbocycles. The van der Waals surface area contributed by atoms with E-state index in [4.69, 9.17) is 0 Å². The van der Waals surface area contributed by atoms with Gasteiger partial charge in [0, 0.05) is 6.04 Å². The quantitative estimate of drug-likeness (QED) is 0.503. The van der Waals surface area contributed by atoms with Gasteiger partial charge >= 0.3 is 0 Å². The summed E-state index contributed by atoms with van der Waals surface area (Å²) in [4.78, 5) is 30.0. The zero-order chi connectivity index (χ0) is 19.7. The highest BCUT2D eigenvalue weighted by Gasteiger charge is 2.20. The van der Waals surface area contributed by atoms with E-state index in [1.165, 1.54) is 39.8 Å². The van der Waals surface area contributed by atoms with E-state index in [0.29, 0.717) is 26.6 Å². The van der Waals surface area contributed by atoms with Gasteiger partial charge in [-0.05, 0) is 55.0 Å². The molecule has 1 saturated carbocycles. The highest BCUT2D eigenvalue weighted by Crippen LogP contribution is 2.25. The van der Waals surface area contributed by atoms with Gasteiger partial charge in [0.15, 0.2) is 5.16 Å². The molecular weight excluding hydrogens is 397 g/mol. The Labute approximate surface area is 170 Å². The second kappa shape index (κ2) is 8.05. The average molecular weight is 418 g/mol. The van der Waals surface area contributed by atoms with Gasteiger partial charge in [-0.3, -0.25) is 14.2 Å². The molecule has 0 atom stereocenters. The molecule has 0 aliphatic heterocycles. The first-order chi connectivity index (χ1) is 13.5. The standard InChI is InChI=1S/C20H20FN3O2S2/c1-12-10-13(21)6-7-16(12)24-19(26)18-15(8-9-27-18)23-20(24)28-11-17(25)22-14-4-2-3-5-14/h6-10,14H,2-5,11H2,1H3,(H,22,25). The number of rotatable bonds is 5. The van der Waals surface area contributed by atoms with E-state index in [9.17, 15) is 14.0 Å². The predicted octanol–water partition coefficient (Wildman–Crippen LogP) is 4.05. The van der Waals surface area contributed by atoms with Crippen molar-refractivity contribution in [1.82, 2.24) is 14.9 Å². The molecule has 0 radical (unpaired) electrons. The van der Waals surface area contributed by atoms with Crippen LogP contribution in [0.1, 0.15) is 31.2 Å². The second-order valence-corrected chi connectivity index (χ2v) is 8.80. The van der Waals surface area contributed by atoms with Gasteiger partial charge in [0.05, 0.1) is 17.0 Å². The zero-order valence-electron chi connectivity index (χ0n) is 15.4. The lowest BCUT2D eigenvalue weighted by molar-refractivity contribution is -0.119. The van der Waals surface area contributed by atoms with Gasteiger partial charge in [-0.2, -0.15) is 0 Å². The predicted molar refractivity (Wildman–Crippen MR) is 111 cm³/mol. The van der Waals surface area contributed by atoms with Crippen molar-refractivity contribution < 1.29 is 9.18 Å². The van der Waals surface area contributed by atoms with Crippen LogP contribution in [0.15, 0.2) is 39.6 Å². The summed E-state index contributed by atoms with van der Waals surface area (Å²) in [6, 6.07) is 6.35. The Hall–Kier alpha value is -2.19. The number of thioether (sulfide) groups is 1. The summed E-state index contributed by atoms with van der Waals surface area (Å²) in [6.45, 7) is 1.75. The maximum absolute atomic E-state index is 13.6. The molecule has 146 valence electrons. The van der Waals surface area contributed by atoms with E-state index in [-0.39, 0.29) is 29.1 Å². The Morgan fingerprint density at radius 3 is 2.89 bits per heavy atom. The van der Waals surface area contributed by atoms with Crippen molar-refractivity contribution in [2.24, 2.45) is 0 Å². The topological polar surface area (TPSA) is 64.0 Å². The molecule has 4 rings (SSSR count). The number of nitrogens with one attached hydrogen (secondary N) is 1. The number of fused-ring (bicyclic) bond motifs is 1. The normalized spacial score (nSPS) is 14.6. The van der Waals surface area contributed by atoms with Gasteiger partial charge in [0.25, 0.3) is 5.56 Å². The number of hydrogen-bond donors (Lipinski definition) is 1. The molecule has 0 spiro atoms. The first-order valence-electron chi connectivity index (χ1n) is 9.22. The van der Waals surface area contributed by atoms with Gasteiger partial charge in [-0.1, -0.05) is 24.6 Å². The van der Waals surface area contributed by atoms with Gasteiger partial charge in [0.1, 0.15) is 10.5 Å². The third-order valence-corrected chi connectivity index (χ3v) is 6.73. The minimum Gasteiger partial charge on any atom is -0.353 e. The molecule has 28 heavy (non-hydrogen) atoms. The molecule has 2 heterocycles. The van der Waals surface area contributed by atoms with Gasteiger partial charge in [-0.25, -0.2) is 9.37 Å².